The molecule has 1 unspecified atom stereocenters. The molecule has 0 aromatic carbocycles. The maximum absolute atomic E-state index is 12.1. The third-order valence-electron chi connectivity index (χ3n) is 3.29. The molecule has 21 heavy (non-hydrogen) atoms. The highest BCUT2D eigenvalue weighted by molar-refractivity contribution is 9.10. The topological polar surface area (TPSA) is 45.7 Å². The minimum atomic E-state index is -0.454. The van der Waals surface area contributed by atoms with Crippen molar-refractivity contribution in [2.45, 2.75) is 39.3 Å². The van der Waals surface area contributed by atoms with Crippen LogP contribution >= 0.6 is 15.9 Å². The maximum Gasteiger partial charge on any atom is 0.410 e. The molecule has 1 atom stereocenters. The van der Waals surface area contributed by atoms with Crippen LogP contribution in [0.1, 0.15) is 27.7 Å². The van der Waals surface area contributed by atoms with Gasteiger partial charge in [-0.2, -0.15) is 0 Å². The molecular weight excluding hydrogens is 334 g/mol. The molecule has 1 fully saturated rings. The van der Waals surface area contributed by atoms with Crippen molar-refractivity contribution in [1.29, 1.82) is 0 Å². The Morgan fingerprint density at radius 2 is 2.10 bits per heavy atom. The number of piperazine rings is 1. The van der Waals surface area contributed by atoms with E-state index in [2.05, 4.69) is 32.7 Å². The summed E-state index contributed by atoms with van der Waals surface area (Å²) in [6.07, 6.45) is 1.56. The van der Waals surface area contributed by atoms with E-state index in [9.17, 15) is 4.79 Å². The van der Waals surface area contributed by atoms with Crippen molar-refractivity contribution in [3.8, 4) is 0 Å². The van der Waals surface area contributed by atoms with Crippen LogP contribution in [0.4, 0.5) is 10.6 Å². The number of hydrogen-bond donors (Lipinski definition) is 0. The number of rotatable bonds is 1. The van der Waals surface area contributed by atoms with Gasteiger partial charge in [-0.15, -0.1) is 0 Å². The largest absolute Gasteiger partial charge is 0.444 e. The lowest BCUT2D eigenvalue weighted by Gasteiger charge is -2.40. The smallest absolute Gasteiger partial charge is 0.410 e. The zero-order valence-electron chi connectivity index (χ0n) is 13.0. The summed E-state index contributed by atoms with van der Waals surface area (Å²) in [5, 5.41) is 0. The molecule has 1 saturated heterocycles. The van der Waals surface area contributed by atoms with Gasteiger partial charge < -0.3 is 14.5 Å². The van der Waals surface area contributed by atoms with Gasteiger partial charge in [0.1, 0.15) is 11.4 Å². The van der Waals surface area contributed by atoms with Crippen molar-refractivity contribution in [3.05, 3.63) is 22.8 Å². The van der Waals surface area contributed by atoms with E-state index in [4.69, 9.17) is 4.74 Å². The number of halogens is 1. The van der Waals surface area contributed by atoms with Crippen LogP contribution in [0.5, 0.6) is 0 Å². The molecule has 2 rings (SSSR count). The number of nitrogens with zero attached hydrogens (tertiary/aromatic N) is 3. The van der Waals surface area contributed by atoms with Gasteiger partial charge in [0.25, 0.3) is 0 Å². The van der Waals surface area contributed by atoms with Gasteiger partial charge >= 0.3 is 6.09 Å². The Kier molecular flexibility index (Phi) is 4.76. The second kappa shape index (κ2) is 6.22. The van der Waals surface area contributed by atoms with E-state index in [1.54, 1.807) is 11.1 Å². The van der Waals surface area contributed by atoms with Crippen LogP contribution in [0.25, 0.3) is 0 Å². The third kappa shape index (κ3) is 4.33. The molecule has 0 radical (unpaired) electrons. The normalized spacial score (nSPS) is 19.6. The lowest BCUT2D eigenvalue weighted by atomic mass is 10.2. The quantitative estimate of drug-likeness (QED) is 0.775. The summed E-state index contributed by atoms with van der Waals surface area (Å²) in [5.41, 5.74) is -0.454. The molecule has 0 bridgehead atoms. The Balaban J connectivity index is 1.99. The molecule has 1 amide bonds. The maximum atomic E-state index is 12.1. The predicted molar refractivity (Wildman–Crippen MR) is 86.6 cm³/mol. The molecule has 1 aromatic rings. The average Bonchev–Trinajstić information content (AvgIpc) is 2.38. The molecule has 5 nitrogen and oxygen atoms in total. The van der Waals surface area contributed by atoms with E-state index in [1.165, 1.54) is 0 Å². The highest BCUT2D eigenvalue weighted by Gasteiger charge is 2.30. The van der Waals surface area contributed by atoms with Crippen molar-refractivity contribution in [2.24, 2.45) is 0 Å². The Morgan fingerprint density at radius 1 is 1.38 bits per heavy atom. The number of ether oxygens (including phenoxy) is 1. The first-order valence-electron chi connectivity index (χ1n) is 7.12. The molecule has 2 heterocycles. The fourth-order valence-corrected chi connectivity index (χ4v) is 2.56. The first-order valence-corrected chi connectivity index (χ1v) is 7.92. The second-order valence-corrected chi connectivity index (χ2v) is 7.22. The Hall–Kier alpha value is -1.30. The SMILES string of the molecule is CC1CN(C(=O)OC(C)(C)C)CCN1c1ccc(Br)cn1. The van der Waals surface area contributed by atoms with Crippen molar-refractivity contribution in [3.63, 3.8) is 0 Å². The monoisotopic (exact) mass is 355 g/mol. The van der Waals surface area contributed by atoms with Crippen LogP contribution in [0, 0.1) is 0 Å². The van der Waals surface area contributed by atoms with Crippen molar-refractivity contribution in [1.82, 2.24) is 9.88 Å². The van der Waals surface area contributed by atoms with Crippen molar-refractivity contribution >= 4 is 27.8 Å². The minimum Gasteiger partial charge on any atom is -0.444 e. The first-order chi connectivity index (χ1) is 9.76. The van der Waals surface area contributed by atoms with Gasteiger partial charge in [-0.25, -0.2) is 9.78 Å². The van der Waals surface area contributed by atoms with Gasteiger partial charge in [0.05, 0.1) is 0 Å². The number of amides is 1. The Morgan fingerprint density at radius 3 is 2.62 bits per heavy atom. The number of aromatic nitrogens is 1. The fraction of sp³-hybridized carbons (Fsp3) is 0.600. The standard InChI is InChI=1S/C15H22BrN3O2/c1-11-10-18(14(20)21-15(2,3)4)7-8-19(11)13-6-5-12(16)9-17-13/h5-6,9,11H,7-8,10H2,1-4H3. The Bertz CT molecular complexity index is 499. The third-order valence-corrected chi connectivity index (χ3v) is 3.75. The highest BCUT2D eigenvalue weighted by Crippen LogP contribution is 2.21. The molecular formula is C15H22BrN3O2. The minimum absolute atomic E-state index is 0.208. The number of carbonyl (C=O) groups excluding carboxylic acids is 1. The molecule has 1 aliphatic rings. The molecule has 0 saturated carbocycles. The molecule has 1 aliphatic heterocycles. The van der Waals surface area contributed by atoms with Crippen molar-refractivity contribution in [2.75, 3.05) is 24.5 Å². The van der Waals surface area contributed by atoms with E-state index < -0.39 is 5.60 Å². The van der Waals surface area contributed by atoms with Crippen LogP contribution < -0.4 is 4.90 Å². The summed E-state index contributed by atoms with van der Waals surface area (Å²) in [6.45, 7) is 9.81. The lowest BCUT2D eigenvalue weighted by molar-refractivity contribution is 0.0218. The molecule has 1 aromatic heterocycles. The van der Waals surface area contributed by atoms with Crippen LogP contribution in [-0.2, 0) is 4.74 Å². The predicted octanol–water partition coefficient (Wildman–Crippen LogP) is 3.29. The van der Waals surface area contributed by atoms with Crippen LogP contribution in [-0.4, -0.2) is 47.3 Å². The summed E-state index contributed by atoms with van der Waals surface area (Å²) in [7, 11) is 0. The summed E-state index contributed by atoms with van der Waals surface area (Å²) >= 11 is 3.39. The summed E-state index contributed by atoms with van der Waals surface area (Å²) in [4.78, 5) is 20.5. The molecule has 0 spiro atoms. The van der Waals surface area contributed by atoms with E-state index >= 15 is 0 Å². The number of carbonyl (C=O) groups is 1. The van der Waals surface area contributed by atoms with Gasteiger partial charge in [-0.1, -0.05) is 0 Å². The summed E-state index contributed by atoms with van der Waals surface area (Å²) in [5.74, 6) is 0.939. The molecule has 0 N–H and O–H groups in total. The highest BCUT2D eigenvalue weighted by atomic mass is 79.9. The lowest BCUT2D eigenvalue weighted by Crippen LogP contribution is -2.54. The molecule has 6 heteroatoms. The van der Waals surface area contributed by atoms with Crippen LogP contribution in [0.15, 0.2) is 22.8 Å². The van der Waals surface area contributed by atoms with Crippen LogP contribution in [0.3, 0.4) is 0 Å². The summed E-state index contributed by atoms with van der Waals surface area (Å²) in [6, 6.07) is 4.18. The Labute approximate surface area is 134 Å². The number of hydrogen-bond acceptors (Lipinski definition) is 4. The zero-order chi connectivity index (χ0) is 15.6. The number of anilines is 1. The second-order valence-electron chi connectivity index (χ2n) is 6.30. The molecule has 116 valence electrons. The average molecular weight is 356 g/mol. The van der Waals surface area contributed by atoms with Crippen molar-refractivity contribution < 1.29 is 9.53 Å². The zero-order valence-corrected chi connectivity index (χ0v) is 14.6. The fourth-order valence-electron chi connectivity index (χ4n) is 2.33. The first kappa shape index (κ1) is 16.1. The van der Waals surface area contributed by atoms with Gasteiger partial charge in [0.2, 0.25) is 0 Å². The van der Waals surface area contributed by atoms with Crippen LogP contribution in [0.2, 0.25) is 0 Å². The van der Waals surface area contributed by atoms with E-state index in [1.807, 2.05) is 32.9 Å². The van der Waals surface area contributed by atoms with E-state index in [0.717, 1.165) is 16.8 Å². The van der Waals surface area contributed by atoms with Gasteiger partial charge in [-0.05, 0) is 55.8 Å². The van der Waals surface area contributed by atoms with Gasteiger partial charge in [0.15, 0.2) is 0 Å². The van der Waals surface area contributed by atoms with Gasteiger partial charge in [0, 0.05) is 36.3 Å². The molecule has 0 aliphatic carbocycles. The van der Waals surface area contributed by atoms with Gasteiger partial charge in [-0.3, -0.25) is 0 Å². The summed E-state index contributed by atoms with van der Waals surface area (Å²) < 4.78 is 6.39. The van der Waals surface area contributed by atoms with E-state index in [-0.39, 0.29) is 12.1 Å². The van der Waals surface area contributed by atoms with E-state index in [0.29, 0.717) is 13.1 Å². The number of pyridine rings is 1.